The summed E-state index contributed by atoms with van der Waals surface area (Å²) in [4.78, 5) is 0. The van der Waals surface area contributed by atoms with Crippen molar-refractivity contribution in [1.82, 2.24) is 0 Å². The van der Waals surface area contributed by atoms with Crippen molar-refractivity contribution < 1.29 is 24.1 Å². The third-order valence-corrected chi connectivity index (χ3v) is 3.72. The fraction of sp³-hybridized carbons (Fsp3) is 0.571. The minimum Gasteiger partial charge on any atom is -0.388 e. The zero-order chi connectivity index (χ0) is 14.1. The van der Waals surface area contributed by atoms with Gasteiger partial charge in [-0.15, -0.1) is 0 Å². The summed E-state index contributed by atoms with van der Waals surface area (Å²) in [7, 11) is 1.49. The molecule has 0 bridgehead atoms. The minimum absolute atomic E-state index is 0.327. The number of ether oxygens (including phenoxy) is 4. The van der Waals surface area contributed by atoms with Crippen LogP contribution in [-0.4, -0.2) is 49.5 Å². The maximum Gasteiger partial charge on any atom is 0.184 e. The molecule has 20 heavy (non-hydrogen) atoms. The summed E-state index contributed by atoms with van der Waals surface area (Å²) in [6.07, 6.45) is -2.91. The molecule has 0 radical (unpaired) electrons. The second kappa shape index (κ2) is 5.77. The molecule has 2 aliphatic rings. The molecule has 3 N–H and O–H groups in total. The summed E-state index contributed by atoms with van der Waals surface area (Å²) < 4.78 is 22.2. The highest BCUT2D eigenvalue weighted by atomic mass is 16.7. The van der Waals surface area contributed by atoms with E-state index >= 15 is 0 Å². The van der Waals surface area contributed by atoms with Crippen molar-refractivity contribution in [2.75, 3.05) is 13.7 Å². The molecule has 0 aliphatic carbocycles. The second-order valence-corrected chi connectivity index (χ2v) is 5.02. The van der Waals surface area contributed by atoms with Gasteiger partial charge < -0.3 is 29.8 Å². The quantitative estimate of drug-likeness (QED) is 0.803. The van der Waals surface area contributed by atoms with Crippen molar-refractivity contribution in [3.05, 3.63) is 35.9 Å². The molecule has 1 aromatic rings. The van der Waals surface area contributed by atoms with Crippen LogP contribution in [0.15, 0.2) is 30.3 Å². The van der Waals surface area contributed by atoms with E-state index in [0.717, 1.165) is 5.56 Å². The Bertz CT molecular complexity index is 440. The molecule has 2 saturated heterocycles. The summed E-state index contributed by atoms with van der Waals surface area (Å²) in [5, 5.41) is 10.3. The van der Waals surface area contributed by atoms with Crippen molar-refractivity contribution in [3.8, 4) is 0 Å². The van der Waals surface area contributed by atoms with Crippen LogP contribution in [0.4, 0.5) is 0 Å². The molecule has 0 unspecified atom stereocenters. The Morgan fingerprint density at radius 2 is 2.00 bits per heavy atom. The lowest BCUT2D eigenvalue weighted by Gasteiger charge is -2.46. The predicted octanol–water partition coefficient (Wildman–Crippen LogP) is 0.160. The van der Waals surface area contributed by atoms with Crippen LogP contribution < -0.4 is 5.73 Å². The number of aliphatic hydroxyl groups excluding tert-OH is 1. The first-order valence-corrected chi connectivity index (χ1v) is 6.64. The van der Waals surface area contributed by atoms with Gasteiger partial charge >= 0.3 is 0 Å². The van der Waals surface area contributed by atoms with Crippen molar-refractivity contribution in [2.45, 2.75) is 36.9 Å². The number of rotatable bonds is 2. The van der Waals surface area contributed by atoms with Crippen molar-refractivity contribution >= 4 is 0 Å². The van der Waals surface area contributed by atoms with E-state index in [1.165, 1.54) is 7.11 Å². The molecule has 2 aliphatic heterocycles. The molecule has 2 fully saturated rings. The molecule has 110 valence electrons. The third-order valence-electron chi connectivity index (χ3n) is 3.72. The molecular weight excluding hydrogens is 262 g/mol. The first kappa shape index (κ1) is 13.9. The average molecular weight is 281 g/mol. The summed E-state index contributed by atoms with van der Waals surface area (Å²) in [5.74, 6) is 0. The van der Waals surface area contributed by atoms with E-state index in [1.807, 2.05) is 30.3 Å². The molecule has 2 heterocycles. The molecule has 0 aromatic heterocycles. The fourth-order valence-corrected chi connectivity index (χ4v) is 2.60. The summed E-state index contributed by atoms with van der Waals surface area (Å²) >= 11 is 0. The van der Waals surface area contributed by atoms with Crippen LogP contribution in [0.25, 0.3) is 0 Å². The second-order valence-electron chi connectivity index (χ2n) is 5.02. The Labute approximate surface area is 117 Å². The van der Waals surface area contributed by atoms with Crippen LogP contribution in [-0.2, 0) is 18.9 Å². The van der Waals surface area contributed by atoms with Gasteiger partial charge in [-0.25, -0.2) is 0 Å². The summed E-state index contributed by atoms with van der Waals surface area (Å²) in [6, 6.07) is 8.93. The molecule has 6 heteroatoms. The number of nitrogens with two attached hydrogens (primary N) is 1. The monoisotopic (exact) mass is 281 g/mol. The summed E-state index contributed by atoms with van der Waals surface area (Å²) in [5.41, 5.74) is 6.81. The van der Waals surface area contributed by atoms with Crippen LogP contribution in [0.2, 0.25) is 0 Å². The average Bonchev–Trinajstić information content (AvgIpc) is 2.51. The van der Waals surface area contributed by atoms with Crippen molar-refractivity contribution in [3.63, 3.8) is 0 Å². The summed E-state index contributed by atoms with van der Waals surface area (Å²) in [6.45, 7) is 0.327. The minimum atomic E-state index is -0.853. The molecule has 6 atom stereocenters. The van der Waals surface area contributed by atoms with Crippen molar-refractivity contribution in [2.24, 2.45) is 5.73 Å². The molecule has 1 aromatic carbocycles. The Kier molecular flexibility index (Phi) is 4.02. The van der Waals surface area contributed by atoms with Gasteiger partial charge in [0.25, 0.3) is 0 Å². The standard InChI is InChI=1S/C14H19NO5/c1-17-14-10(15)11(16)12-9(19-14)7-18-13(20-12)8-5-3-2-4-6-8/h2-6,9-14,16H,7,15H2,1H3/t9-,10+,11+,12-,13+,14+/m1/s1. The number of benzene rings is 1. The number of aliphatic hydroxyl groups is 1. The molecular formula is C14H19NO5. The molecule has 0 saturated carbocycles. The van der Waals surface area contributed by atoms with E-state index in [2.05, 4.69) is 0 Å². The van der Waals surface area contributed by atoms with Crippen molar-refractivity contribution in [1.29, 1.82) is 0 Å². The normalized spacial score (nSPS) is 41.1. The Morgan fingerprint density at radius 3 is 2.70 bits per heavy atom. The van der Waals surface area contributed by atoms with Gasteiger partial charge in [0.2, 0.25) is 0 Å². The van der Waals surface area contributed by atoms with Gasteiger partial charge in [0.1, 0.15) is 18.3 Å². The molecule has 0 amide bonds. The molecule has 0 spiro atoms. The first-order valence-electron chi connectivity index (χ1n) is 6.64. The lowest BCUT2D eigenvalue weighted by atomic mass is 9.96. The molecule has 3 rings (SSSR count). The van der Waals surface area contributed by atoms with E-state index in [9.17, 15) is 5.11 Å². The predicted molar refractivity (Wildman–Crippen MR) is 69.7 cm³/mol. The highest BCUT2D eigenvalue weighted by Crippen LogP contribution is 2.33. The number of fused-ring (bicyclic) bond motifs is 1. The lowest BCUT2D eigenvalue weighted by Crippen LogP contribution is -2.64. The van der Waals surface area contributed by atoms with Gasteiger partial charge in [-0.05, 0) is 0 Å². The van der Waals surface area contributed by atoms with Gasteiger partial charge in [-0.1, -0.05) is 30.3 Å². The van der Waals surface area contributed by atoms with Gasteiger partial charge in [-0.2, -0.15) is 0 Å². The maximum atomic E-state index is 10.3. The van der Waals surface area contributed by atoms with Gasteiger partial charge in [0, 0.05) is 12.7 Å². The fourth-order valence-electron chi connectivity index (χ4n) is 2.60. The highest BCUT2D eigenvalue weighted by molar-refractivity contribution is 5.16. The van der Waals surface area contributed by atoms with E-state index in [0.29, 0.717) is 6.61 Å². The SMILES string of the molecule is CO[C@H]1O[C@@H]2CO[C@H](c3ccccc3)O[C@H]2[C@@H](O)[C@@H]1N. The Balaban J connectivity index is 1.74. The van der Waals surface area contributed by atoms with E-state index < -0.39 is 30.8 Å². The van der Waals surface area contributed by atoms with Gasteiger partial charge in [0.15, 0.2) is 12.6 Å². The first-order chi connectivity index (χ1) is 9.70. The Morgan fingerprint density at radius 1 is 1.25 bits per heavy atom. The number of methoxy groups -OCH3 is 1. The zero-order valence-corrected chi connectivity index (χ0v) is 11.2. The van der Waals surface area contributed by atoms with E-state index in [4.69, 9.17) is 24.7 Å². The maximum absolute atomic E-state index is 10.3. The van der Waals surface area contributed by atoms with Crippen LogP contribution in [0.3, 0.4) is 0 Å². The zero-order valence-electron chi connectivity index (χ0n) is 11.2. The van der Waals surface area contributed by atoms with Crippen LogP contribution >= 0.6 is 0 Å². The van der Waals surface area contributed by atoms with Crippen LogP contribution in [0.1, 0.15) is 11.9 Å². The van der Waals surface area contributed by atoms with Crippen LogP contribution in [0.5, 0.6) is 0 Å². The Hall–Kier alpha value is -1.02. The largest absolute Gasteiger partial charge is 0.388 e. The highest BCUT2D eigenvalue weighted by Gasteiger charge is 2.48. The third kappa shape index (κ3) is 2.46. The van der Waals surface area contributed by atoms with E-state index in [1.54, 1.807) is 0 Å². The lowest BCUT2D eigenvalue weighted by molar-refractivity contribution is -0.339. The van der Waals surface area contributed by atoms with Gasteiger partial charge in [0.05, 0.1) is 12.6 Å². The number of hydrogen-bond acceptors (Lipinski definition) is 6. The molecule has 6 nitrogen and oxygen atoms in total. The van der Waals surface area contributed by atoms with E-state index in [-0.39, 0.29) is 6.10 Å². The van der Waals surface area contributed by atoms with Crippen LogP contribution in [0, 0.1) is 0 Å². The number of hydrogen-bond donors (Lipinski definition) is 2. The topological polar surface area (TPSA) is 83.2 Å². The smallest absolute Gasteiger partial charge is 0.184 e. The van der Waals surface area contributed by atoms with Gasteiger partial charge in [-0.3, -0.25) is 0 Å².